The van der Waals surface area contributed by atoms with E-state index in [1.807, 2.05) is 23.7 Å². The van der Waals surface area contributed by atoms with Crippen molar-refractivity contribution in [2.45, 2.75) is 46.2 Å². The molecule has 0 unspecified atom stereocenters. The summed E-state index contributed by atoms with van der Waals surface area (Å²) in [5.74, 6) is 0.374. The zero-order chi connectivity index (χ0) is 19.7. The fourth-order valence-electron chi connectivity index (χ4n) is 3.97. The predicted molar refractivity (Wildman–Crippen MR) is 111 cm³/mol. The molecule has 148 valence electrons. The van der Waals surface area contributed by atoms with E-state index in [0.717, 1.165) is 49.2 Å². The van der Waals surface area contributed by atoms with Crippen LogP contribution in [0.1, 0.15) is 48.9 Å². The summed E-state index contributed by atoms with van der Waals surface area (Å²) in [6, 6.07) is 8.42. The maximum atomic E-state index is 12.8. The lowest BCUT2D eigenvalue weighted by molar-refractivity contribution is 0.102. The molecule has 1 fully saturated rings. The Morgan fingerprint density at radius 2 is 2.07 bits per heavy atom. The van der Waals surface area contributed by atoms with E-state index >= 15 is 0 Å². The molecule has 1 amide bonds. The Balaban J connectivity index is 1.51. The fourth-order valence-corrected chi connectivity index (χ4v) is 3.97. The Kier molecular flexibility index (Phi) is 5.17. The number of nitrogens with one attached hydrogen (secondary N) is 2. The molecule has 4 rings (SSSR count). The fraction of sp³-hybridized carbons (Fsp3) is 0.476. The maximum Gasteiger partial charge on any atom is 0.278 e. The van der Waals surface area contributed by atoms with Crippen LogP contribution in [0.3, 0.4) is 0 Å². The quantitative estimate of drug-likeness (QED) is 0.711. The third kappa shape index (κ3) is 3.67. The number of rotatable bonds is 5. The second kappa shape index (κ2) is 7.75. The van der Waals surface area contributed by atoms with Gasteiger partial charge in [0.05, 0.1) is 11.7 Å². The number of hydrogen-bond acceptors (Lipinski definition) is 4. The normalized spacial score (nSPS) is 15.4. The van der Waals surface area contributed by atoms with Crippen molar-refractivity contribution in [2.75, 3.05) is 18.4 Å². The average Bonchev–Trinajstić information content (AvgIpc) is 3.25. The first-order valence-corrected chi connectivity index (χ1v) is 10.1. The number of carbonyl (C=O) groups excluding carboxylic acids is 1. The Bertz CT molecular complexity index is 980. The monoisotopic (exact) mass is 380 g/mol. The lowest BCUT2D eigenvalue weighted by Gasteiger charge is -2.23. The molecule has 0 saturated carbocycles. The van der Waals surface area contributed by atoms with Gasteiger partial charge >= 0.3 is 0 Å². The number of benzene rings is 1. The number of aromatic nitrogens is 4. The average molecular weight is 380 g/mol. The van der Waals surface area contributed by atoms with Crippen molar-refractivity contribution in [3.8, 4) is 0 Å². The minimum Gasteiger partial charge on any atom is -0.347 e. The van der Waals surface area contributed by atoms with Gasteiger partial charge in [0.2, 0.25) is 0 Å². The van der Waals surface area contributed by atoms with Gasteiger partial charge < -0.3 is 15.2 Å². The van der Waals surface area contributed by atoms with Gasteiger partial charge in [-0.3, -0.25) is 4.79 Å². The zero-order valence-corrected chi connectivity index (χ0v) is 16.8. The third-order valence-corrected chi connectivity index (χ3v) is 5.39. The molecule has 2 aromatic heterocycles. The molecule has 28 heavy (non-hydrogen) atoms. The molecule has 0 aliphatic carbocycles. The van der Waals surface area contributed by atoms with Gasteiger partial charge in [0.1, 0.15) is 0 Å². The zero-order valence-electron chi connectivity index (χ0n) is 16.8. The molecule has 2 N–H and O–H groups in total. The van der Waals surface area contributed by atoms with Gasteiger partial charge in [-0.1, -0.05) is 19.1 Å². The Labute approximate surface area is 165 Å². The summed E-state index contributed by atoms with van der Waals surface area (Å²) in [7, 11) is 0. The van der Waals surface area contributed by atoms with Gasteiger partial charge in [-0.25, -0.2) is 4.68 Å². The molecule has 0 atom stereocenters. The highest BCUT2D eigenvalue weighted by molar-refractivity contribution is 6.04. The Hall–Kier alpha value is -2.67. The van der Waals surface area contributed by atoms with Crippen molar-refractivity contribution < 1.29 is 4.79 Å². The van der Waals surface area contributed by atoms with Crippen LogP contribution in [0.15, 0.2) is 30.5 Å². The van der Waals surface area contributed by atoms with E-state index in [1.54, 1.807) is 0 Å². The van der Waals surface area contributed by atoms with Crippen LogP contribution in [0.4, 0.5) is 5.69 Å². The summed E-state index contributed by atoms with van der Waals surface area (Å²) in [5, 5.41) is 15.9. The smallest absolute Gasteiger partial charge is 0.278 e. The number of fused-ring (bicyclic) bond motifs is 1. The van der Waals surface area contributed by atoms with Crippen molar-refractivity contribution in [3.05, 3.63) is 41.9 Å². The van der Waals surface area contributed by atoms with Crippen molar-refractivity contribution >= 4 is 22.5 Å². The van der Waals surface area contributed by atoms with Gasteiger partial charge in [0.15, 0.2) is 5.69 Å². The number of hydrogen-bond donors (Lipinski definition) is 2. The van der Waals surface area contributed by atoms with E-state index in [0.29, 0.717) is 17.7 Å². The van der Waals surface area contributed by atoms with Crippen LogP contribution in [0, 0.1) is 12.8 Å². The molecule has 0 bridgehead atoms. The number of amides is 1. The highest BCUT2D eigenvalue weighted by atomic mass is 16.2. The largest absolute Gasteiger partial charge is 0.347 e. The van der Waals surface area contributed by atoms with Gasteiger partial charge in [0.25, 0.3) is 5.91 Å². The van der Waals surface area contributed by atoms with Gasteiger partial charge in [-0.15, -0.1) is 5.10 Å². The molecule has 0 spiro atoms. The van der Waals surface area contributed by atoms with Gasteiger partial charge in [0, 0.05) is 29.3 Å². The topological polar surface area (TPSA) is 76.8 Å². The summed E-state index contributed by atoms with van der Waals surface area (Å²) in [4.78, 5) is 12.8. The molecule has 3 aromatic rings. The number of anilines is 1. The van der Waals surface area contributed by atoms with Crippen LogP contribution in [-0.4, -0.2) is 38.6 Å². The van der Waals surface area contributed by atoms with Crippen molar-refractivity contribution in [1.29, 1.82) is 0 Å². The van der Waals surface area contributed by atoms with Crippen LogP contribution in [0.5, 0.6) is 0 Å². The minimum absolute atomic E-state index is 0.210. The molecule has 7 heteroatoms. The highest BCUT2D eigenvalue weighted by Crippen LogP contribution is 2.23. The molecule has 0 radical (unpaired) electrons. The van der Waals surface area contributed by atoms with Crippen LogP contribution < -0.4 is 10.6 Å². The Morgan fingerprint density at radius 3 is 2.82 bits per heavy atom. The number of carbonyl (C=O) groups is 1. The summed E-state index contributed by atoms with van der Waals surface area (Å²) >= 11 is 0. The second-order valence-corrected chi connectivity index (χ2v) is 8.04. The summed E-state index contributed by atoms with van der Waals surface area (Å²) < 4.78 is 4.16. The lowest BCUT2D eigenvalue weighted by Crippen LogP contribution is -2.30. The van der Waals surface area contributed by atoms with Crippen molar-refractivity contribution in [1.82, 2.24) is 24.9 Å². The summed E-state index contributed by atoms with van der Waals surface area (Å²) in [6.07, 6.45) is 4.12. The van der Waals surface area contributed by atoms with E-state index in [9.17, 15) is 4.79 Å². The first-order chi connectivity index (χ1) is 13.5. The first kappa shape index (κ1) is 18.7. The molecule has 7 nitrogen and oxygen atoms in total. The highest BCUT2D eigenvalue weighted by Gasteiger charge is 2.23. The number of piperidine rings is 1. The lowest BCUT2D eigenvalue weighted by atomic mass is 10.1. The van der Waals surface area contributed by atoms with Crippen molar-refractivity contribution in [3.63, 3.8) is 0 Å². The molecule has 1 aliphatic heterocycles. The molecular formula is C21H28N6O. The van der Waals surface area contributed by atoms with E-state index in [-0.39, 0.29) is 5.91 Å². The number of nitrogens with zero attached hydrogens (tertiary/aromatic N) is 4. The van der Waals surface area contributed by atoms with E-state index in [1.165, 1.54) is 5.52 Å². The predicted octanol–water partition coefficient (Wildman–Crippen LogP) is 3.37. The SMILES string of the molecule is Cc1c(C(=O)Nc2ccc3c(ccn3CC(C)C)c2)nnn1C1CCNCC1. The Morgan fingerprint density at radius 1 is 1.29 bits per heavy atom. The van der Waals surface area contributed by atoms with Crippen LogP contribution in [-0.2, 0) is 6.54 Å². The van der Waals surface area contributed by atoms with E-state index < -0.39 is 0 Å². The summed E-state index contributed by atoms with van der Waals surface area (Å²) in [6.45, 7) is 9.27. The van der Waals surface area contributed by atoms with Crippen LogP contribution in [0.2, 0.25) is 0 Å². The van der Waals surface area contributed by atoms with Gasteiger partial charge in [-0.05, 0) is 63.0 Å². The third-order valence-electron chi connectivity index (χ3n) is 5.39. The standard InChI is InChI=1S/C21H28N6O/c1-14(2)13-26-11-8-16-12-17(4-5-19(16)26)23-21(28)20-15(3)27(25-24-20)18-6-9-22-10-7-18/h4-5,8,11-12,14,18,22H,6-7,9-10,13H2,1-3H3,(H,23,28). The first-order valence-electron chi connectivity index (χ1n) is 10.1. The van der Waals surface area contributed by atoms with Crippen molar-refractivity contribution in [2.24, 2.45) is 5.92 Å². The van der Waals surface area contributed by atoms with Gasteiger partial charge in [-0.2, -0.15) is 0 Å². The molecule has 1 aromatic carbocycles. The van der Waals surface area contributed by atoms with Crippen LogP contribution >= 0.6 is 0 Å². The van der Waals surface area contributed by atoms with Crippen LogP contribution in [0.25, 0.3) is 10.9 Å². The minimum atomic E-state index is -0.210. The second-order valence-electron chi connectivity index (χ2n) is 8.04. The molecular weight excluding hydrogens is 352 g/mol. The van der Waals surface area contributed by atoms with E-state index in [2.05, 4.69) is 57.7 Å². The maximum absolute atomic E-state index is 12.8. The molecule has 1 saturated heterocycles. The van der Waals surface area contributed by atoms with E-state index in [4.69, 9.17) is 0 Å². The molecule has 1 aliphatic rings. The molecule has 3 heterocycles. The summed E-state index contributed by atoms with van der Waals surface area (Å²) in [5.41, 5.74) is 3.18.